The van der Waals surface area contributed by atoms with E-state index in [0.717, 1.165) is 0 Å². The zero-order valence-electron chi connectivity index (χ0n) is 12.4. The van der Waals surface area contributed by atoms with Gasteiger partial charge < -0.3 is 10.8 Å². The number of benzene rings is 1. The third kappa shape index (κ3) is 2.80. The van der Waals surface area contributed by atoms with Crippen LogP contribution in [0.2, 0.25) is 0 Å². The first-order valence-corrected chi connectivity index (χ1v) is 6.18. The van der Waals surface area contributed by atoms with E-state index in [0.29, 0.717) is 11.1 Å². The largest absolute Gasteiger partial charge is 0.507 e. The van der Waals surface area contributed by atoms with Crippen molar-refractivity contribution >= 4 is 11.4 Å². The smallest absolute Gasteiger partial charge is 0.282 e. The predicted octanol–water partition coefficient (Wildman–Crippen LogP) is 3.48. The molecule has 0 amide bonds. The van der Waals surface area contributed by atoms with Crippen molar-refractivity contribution in [3.63, 3.8) is 0 Å². The van der Waals surface area contributed by atoms with Gasteiger partial charge in [-0.05, 0) is 10.8 Å². The Bertz CT molecular complexity index is 485. The van der Waals surface area contributed by atoms with Gasteiger partial charge in [-0.3, -0.25) is 10.1 Å². The Balaban J connectivity index is 3.91. The summed E-state index contributed by atoms with van der Waals surface area (Å²) in [6.45, 7) is 11.1. The number of phenolic OH excluding ortho intramolecular Hbond substituents is 1. The van der Waals surface area contributed by atoms with E-state index in [9.17, 15) is 15.2 Å². The lowest BCUT2D eigenvalue weighted by molar-refractivity contribution is -0.387. The molecule has 1 rings (SSSR count). The van der Waals surface area contributed by atoms with Gasteiger partial charge in [0, 0.05) is 11.8 Å². The number of aromatic hydroxyl groups is 1. The molecule has 1 aromatic rings. The molecule has 0 aliphatic carbocycles. The highest BCUT2D eigenvalue weighted by molar-refractivity contribution is 5.70. The number of nitrogens with two attached hydrogens (primary N) is 1. The first kappa shape index (κ1) is 15.3. The number of nitrogens with zero attached hydrogens (tertiary/aromatic N) is 1. The van der Waals surface area contributed by atoms with E-state index in [1.54, 1.807) is 0 Å². The van der Waals surface area contributed by atoms with E-state index in [1.165, 1.54) is 6.07 Å². The molecule has 1 aromatic carbocycles. The number of rotatable bonds is 1. The normalized spacial score (nSPS) is 12.5. The van der Waals surface area contributed by atoms with Crippen molar-refractivity contribution in [1.29, 1.82) is 0 Å². The van der Waals surface area contributed by atoms with Gasteiger partial charge in [-0.25, -0.2) is 0 Å². The molecule has 5 heteroatoms. The summed E-state index contributed by atoms with van der Waals surface area (Å²) in [5, 5.41) is 21.5. The van der Waals surface area contributed by atoms with Gasteiger partial charge in [0.25, 0.3) is 5.69 Å². The topological polar surface area (TPSA) is 89.4 Å². The van der Waals surface area contributed by atoms with Crippen LogP contribution in [0.1, 0.15) is 52.7 Å². The molecule has 0 radical (unpaired) electrons. The summed E-state index contributed by atoms with van der Waals surface area (Å²) in [5.74, 6) is -0.121. The molecule has 0 aromatic heterocycles. The number of anilines is 1. The second-order valence-corrected chi connectivity index (χ2v) is 6.84. The Morgan fingerprint density at radius 3 is 1.84 bits per heavy atom. The molecular weight excluding hydrogens is 244 g/mol. The minimum atomic E-state index is -0.541. The molecule has 0 spiro atoms. The van der Waals surface area contributed by atoms with Gasteiger partial charge in [0.05, 0.1) is 16.1 Å². The molecule has 0 atom stereocenters. The Kier molecular flexibility index (Phi) is 3.54. The van der Waals surface area contributed by atoms with Crippen LogP contribution < -0.4 is 5.73 Å². The number of nitrogen functional groups attached to an aromatic ring is 1. The molecule has 0 bridgehead atoms. The molecule has 0 aliphatic rings. The van der Waals surface area contributed by atoms with E-state index in [4.69, 9.17) is 5.73 Å². The van der Waals surface area contributed by atoms with Gasteiger partial charge in [0.15, 0.2) is 0 Å². The van der Waals surface area contributed by atoms with Crippen LogP contribution in [-0.4, -0.2) is 10.0 Å². The van der Waals surface area contributed by atoms with E-state index >= 15 is 0 Å². The molecule has 106 valence electrons. The van der Waals surface area contributed by atoms with E-state index in [2.05, 4.69) is 0 Å². The molecule has 0 saturated heterocycles. The lowest BCUT2D eigenvalue weighted by Gasteiger charge is -2.27. The number of nitro benzene ring substituents is 1. The minimum Gasteiger partial charge on any atom is -0.507 e. The molecule has 19 heavy (non-hydrogen) atoms. The van der Waals surface area contributed by atoms with Crippen LogP contribution >= 0.6 is 0 Å². The summed E-state index contributed by atoms with van der Waals surface area (Å²) >= 11 is 0. The standard InChI is InChI=1S/C14H22N2O3/c1-13(2,3)10-8(15)7-9(17)11(14(4,5)6)12(10)16(18)19/h7,17H,15H2,1-6H3. The summed E-state index contributed by atoms with van der Waals surface area (Å²) in [7, 11) is 0. The average Bonchev–Trinajstić information content (AvgIpc) is 2.10. The molecule has 0 unspecified atom stereocenters. The summed E-state index contributed by atoms with van der Waals surface area (Å²) in [6.07, 6.45) is 0. The van der Waals surface area contributed by atoms with E-state index in [1.807, 2.05) is 41.5 Å². The fraction of sp³-hybridized carbons (Fsp3) is 0.571. The highest BCUT2D eigenvalue weighted by Crippen LogP contribution is 2.46. The van der Waals surface area contributed by atoms with Crippen LogP contribution in [-0.2, 0) is 10.8 Å². The first-order valence-electron chi connectivity index (χ1n) is 6.18. The second-order valence-electron chi connectivity index (χ2n) is 6.84. The van der Waals surface area contributed by atoms with Crippen LogP contribution in [0.15, 0.2) is 6.07 Å². The lowest BCUT2D eigenvalue weighted by Crippen LogP contribution is -2.22. The van der Waals surface area contributed by atoms with Crippen molar-refractivity contribution in [2.75, 3.05) is 5.73 Å². The zero-order chi connectivity index (χ0) is 15.2. The molecule has 0 fully saturated rings. The van der Waals surface area contributed by atoms with Crippen molar-refractivity contribution in [3.05, 3.63) is 27.3 Å². The van der Waals surface area contributed by atoms with Crippen LogP contribution in [0.5, 0.6) is 5.75 Å². The summed E-state index contributed by atoms with van der Waals surface area (Å²) < 4.78 is 0. The third-order valence-corrected chi connectivity index (χ3v) is 2.99. The fourth-order valence-electron chi connectivity index (χ4n) is 2.38. The Hall–Kier alpha value is -1.78. The van der Waals surface area contributed by atoms with Crippen molar-refractivity contribution in [3.8, 4) is 5.75 Å². The first-order chi connectivity index (χ1) is 8.37. The molecular formula is C14H22N2O3. The van der Waals surface area contributed by atoms with E-state index in [-0.39, 0.29) is 17.1 Å². The van der Waals surface area contributed by atoms with Crippen LogP contribution in [0, 0.1) is 10.1 Å². The summed E-state index contributed by atoms with van der Waals surface area (Å²) in [6, 6.07) is 1.41. The highest BCUT2D eigenvalue weighted by Gasteiger charge is 2.37. The number of hydrogen-bond acceptors (Lipinski definition) is 4. The Labute approximate surface area is 113 Å². The van der Waals surface area contributed by atoms with Gasteiger partial charge in [0.2, 0.25) is 0 Å². The Morgan fingerprint density at radius 2 is 1.53 bits per heavy atom. The average molecular weight is 266 g/mol. The monoisotopic (exact) mass is 266 g/mol. The van der Waals surface area contributed by atoms with Crippen LogP contribution in [0.4, 0.5) is 11.4 Å². The Morgan fingerprint density at radius 1 is 1.11 bits per heavy atom. The number of hydrogen-bond donors (Lipinski definition) is 2. The summed E-state index contributed by atoms with van der Waals surface area (Å²) in [5.41, 5.74) is 5.87. The van der Waals surface area contributed by atoms with Gasteiger partial charge in [0.1, 0.15) is 5.75 Å². The molecule has 0 aliphatic heterocycles. The fourth-order valence-corrected chi connectivity index (χ4v) is 2.38. The lowest BCUT2D eigenvalue weighted by atomic mass is 9.77. The molecule has 0 heterocycles. The second kappa shape index (κ2) is 4.40. The maximum Gasteiger partial charge on any atom is 0.282 e. The van der Waals surface area contributed by atoms with Crippen molar-refractivity contribution in [1.82, 2.24) is 0 Å². The molecule has 5 nitrogen and oxygen atoms in total. The van der Waals surface area contributed by atoms with Crippen molar-refractivity contribution in [2.24, 2.45) is 0 Å². The minimum absolute atomic E-state index is 0.0718. The van der Waals surface area contributed by atoms with Gasteiger partial charge >= 0.3 is 0 Å². The van der Waals surface area contributed by atoms with Crippen molar-refractivity contribution in [2.45, 2.75) is 52.4 Å². The van der Waals surface area contributed by atoms with Crippen molar-refractivity contribution < 1.29 is 10.0 Å². The molecule has 3 N–H and O–H groups in total. The summed E-state index contributed by atoms with van der Waals surface area (Å²) in [4.78, 5) is 11.0. The SMILES string of the molecule is CC(C)(C)c1c(N)cc(O)c(C(C)(C)C)c1[N+](=O)[O-]. The van der Waals surface area contributed by atoms with Crippen LogP contribution in [0.25, 0.3) is 0 Å². The number of nitro groups is 1. The van der Waals surface area contributed by atoms with Gasteiger partial charge in [-0.15, -0.1) is 0 Å². The van der Waals surface area contributed by atoms with E-state index < -0.39 is 15.8 Å². The third-order valence-electron chi connectivity index (χ3n) is 2.99. The maximum atomic E-state index is 11.5. The van der Waals surface area contributed by atoms with Gasteiger partial charge in [-0.1, -0.05) is 41.5 Å². The van der Waals surface area contributed by atoms with Gasteiger partial charge in [-0.2, -0.15) is 0 Å². The quantitative estimate of drug-likeness (QED) is 0.462. The maximum absolute atomic E-state index is 11.5. The zero-order valence-corrected chi connectivity index (χ0v) is 12.4. The highest BCUT2D eigenvalue weighted by atomic mass is 16.6. The predicted molar refractivity (Wildman–Crippen MR) is 76.6 cm³/mol. The molecule has 0 saturated carbocycles. The number of phenols is 1. The van der Waals surface area contributed by atoms with Crippen LogP contribution in [0.3, 0.4) is 0 Å².